The molecule has 0 heterocycles. The van der Waals surface area contributed by atoms with Crippen LogP contribution < -0.4 is 0 Å². The van der Waals surface area contributed by atoms with Crippen molar-refractivity contribution in [3.63, 3.8) is 0 Å². The van der Waals surface area contributed by atoms with Gasteiger partial charge in [0.25, 0.3) is 10.0 Å². The molecule has 0 bridgehead atoms. The number of amides is 1. The SMILES string of the molecule is CCC(=O)N(CCOC(c1ccccc1)(c1ccccc1)C(O)C(=O)O)S(=O)(=O)c1ccccc1. The number of rotatable bonds is 11. The number of carboxylic acids is 1. The minimum absolute atomic E-state index is 0.0512. The highest BCUT2D eigenvalue weighted by molar-refractivity contribution is 7.89. The smallest absolute Gasteiger partial charge is 0.336 e. The topological polar surface area (TPSA) is 121 Å². The summed E-state index contributed by atoms with van der Waals surface area (Å²) in [6.45, 7) is 0.798. The van der Waals surface area contributed by atoms with Crippen LogP contribution in [-0.4, -0.2) is 54.1 Å². The van der Waals surface area contributed by atoms with E-state index in [1.165, 1.54) is 12.1 Å². The number of hydrogen-bond acceptors (Lipinski definition) is 6. The van der Waals surface area contributed by atoms with Crippen LogP contribution in [0.3, 0.4) is 0 Å². The Hall–Kier alpha value is -3.53. The highest BCUT2D eigenvalue weighted by atomic mass is 32.2. The maximum absolute atomic E-state index is 13.2. The molecule has 0 aliphatic heterocycles. The molecular formula is C26H27NO7S. The summed E-state index contributed by atoms with van der Waals surface area (Å²) < 4.78 is 33.2. The molecule has 1 unspecified atom stereocenters. The Morgan fingerprint density at radius 2 is 1.34 bits per heavy atom. The van der Waals surface area contributed by atoms with Gasteiger partial charge >= 0.3 is 5.97 Å². The van der Waals surface area contributed by atoms with E-state index in [4.69, 9.17) is 4.74 Å². The Morgan fingerprint density at radius 3 is 1.77 bits per heavy atom. The van der Waals surface area contributed by atoms with Gasteiger partial charge in [-0.1, -0.05) is 85.8 Å². The van der Waals surface area contributed by atoms with Crippen molar-refractivity contribution in [1.82, 2.24) is 4.31 Å². The first kappa shape index (κ1) is 26.1. The first-order chi connectivity index (χ1) is 16.7. The molecular weight excluding hydrogens is 470 g/mol. The number of carboxylic acid groups (broad SMARTS) is 1. The zero-order valence-corrected chi connectivity index (χ0v) is 20.0. The van der Waals surface area contributed by atoms with Gasteiger partial charge in [0.2, 0.25) is 5.91 Å². The zero-order valence-electron chi connectivity index (χ0n) is 19.2. The predicted molar refractivity (Wildman–Crippen MR) is 129 cm³/mol. The van der Waals surface area contributed by atoms with Crippen LogP contribution in [0.25, 0.3) is 0 Å². The van der Waals surface area contributed by atoms with Crippen molar-refractivity contribution in [2.75, 3.05) is 13.2 Å². The Kier molecular flexibility index (Phi) is 8.39. The van der Waals surface area contributed by atoms with E-state index in [-0.39, 0.29) is 24.5 Å². The minimum atomic E-state index is -4.17. The Bertz CT molecular complexity index is 1190. The lowest BCUT2D eigenvalue weighted by Crippen LogP contribution is -2.49. The number of aliphatic hydroxyl groups excluding tert-OH is 1. The molecule has 8 nitrogen and oxygen atoms in total. The van der Waals surface area contributed by atoms with Crippen LogP contribution in [0, 0.1) is 0 Å². The summed E-state index contributed by atoms with van der Waals surface area (Å²) in [4.78, 5) is 24.6. The van der Waals surface area contributed by atoms with Gasteiger partial charge in [0.05, 0.1) is 18.0 Å². The van der Waals surface area contributed by atoms with Gasteiger partial charge in [-0.2, -0.15) is 0 Å². The number of aliphatic hydroxyl groups is 1. The fourth-order valence-electron chi connectivity index (χ4n) is 3.84. The average molecular weight is 498 g/mol. The molecule has 3 aromatic carbocycles. The third kappa shape index (κ3) is 5.43. The summed E-state index contributed by atoms with van der Waals surface area (Å²) in [5.41, 5.74) is -1.13. The standard InChI is InChI=1S/C26H27NO7S/c1-2-23(28)27(35(32,33)22-16-10-5-11-17-22)18-19-34-26(24(29)25(30)31,20-12-6-3-7-13-20)21-14-8-4-9-15-21/h3-17,24,29H,2,18-19H2,1H3,(H,30,31). The van der Waals surface area contributed by atoms with Crippen LogP contribution in [0.4, 0.5) is 0 Å². The van der Waals surface area contributed by atoms with Crippen molar-refractivity contribution in [3.05, 3.63) is 102 Å². The molecule has 0 aliphatic carbocycles. The molecule has 184 valence electrons. The maximum Gasteiger partial charge on any atom is 0.336 e. The Balaban J connectivity index is 2.02. The van der Waals surface area contributed by atoms with Gasteiger partial charge in [-0.25, -0.2) is 17.5 Å². The number of carbonyl (C=O) groups is 2. The fourth-order valence-corrected chi connectivity index (χ4v) is 5.31. The molecule has 0 fully saturated rings. The second kappa shape index (κ2) is 11.3. The number of benzene rings is 3. The van der Waals surface area contributed by atoms with Gasteiger partial charge in [-0.15, -0.1) is 0 Å². The molecule has 0 aliphatic rings. The molecule has 0 saturated carbocycles. The van der Waals surface area contributed by atoms with Crippen LogP contribution in [0.5, 0.6) is 0 Å². The number of sulfonamides is 1. The summed E-state index contributed by atoms with van der Waals surface area (Å²) in [5, 5.41) is 20.6. The first-order valence-electron chi connectivity index (χ1n) is 11.0. The summed E-state index contributed by atoms with van der Waals surface area (Å²) in [7, 11) is -4.17. The quantitative estimate of drug-likeness (QED) is 0.418. The van der Waals surface area contributed by atoms with Crippen molar-refractivity contribution >= 4 is 21.9 Å². The zero-order chi connectivity index (χ0) is 25.5. The number of hydrogen-bond donors (Lipinski definition) is 2. The summed E-state index contributed by atoms with van der Waals surface area (Å²) >= 11 is 0. The predicted octanol–water partition coefficient (Wildman–Crippen LogP) is 3.02. The molecule has 3 aromatic rings. The fraction of sp³-hybridized carbons (Fsp3) is 0.231. The van der Waals surface area contributed by atoms with Crippen molar-refractivity contribution < 1.29 is 33.0 Å². The second-order valence-electron chi connectivity index (χ2n) is 7.69. The third-order valence-corrected chi connectivity index (χ3v) is 7.39. The molecule has 2 N–H and O–H groups in total. The summed E-state index contributed by atoms with van der Waals surface area (Å²) in [6.07, 6.45) is -2.08. The van der Waals surface area contributed by atoms with Gasteiger partial charge < -0.3 is 14.9 Å². The lowest BCUT2D eigenvalue weighted by atomic mass is 9.81. The molecule has 0 radical (unpaired) electrons. The third-order valence-electron chi connectivity index (χ3n) is 5.56. The average Bonchev–Trinajstić information content (AvgIpc) is 2.89. The monoisotopic (exact) mass is 497 g/mol. The van der Waals surface area contributed by atoms with Crippen LogP contribution in [-0.2, 0) is 30.0 Å². The van der Waals surface area contributed by atoms with Gasteiger partial charge in [0.1, 0.15) is 0 Å². The van der Waals surface area contributed by atoms with E-state index < -0.39 is 33.6 Å². The van der Waals surface area contributed by atoms with Gasteiger partial charge in [0.15, 0.2) is 11.7 Å². The second-order valence-corrected chi connectivity index (χ2v) is 9.56. The van der Waals surface area contributed by atoms with Crippen molar-refractivity contribution in [3.8, 4) is 0 Å². The number of ether oxygens (including phenoxy) is 1. The normalized spacial score (nSPS) is 12.6. The molecule has 1 atom stereocenters. The number of aliphatic carboxylic acids is 1. The van der Waals surface area contributed by atoms with Gasteiger partial charge in [0, 0.05) is 6.42 Å². The van der Waals surface area contributed by atoms with E-state index in [1.807, 2.05) is 0 Å². The Labute approximate surface area is 204 Å². The lowest BCUT2D eigenvalue weighted by Gasteiger charge is -2.37. The summed E-state index contributed by atoms with van der Waals surface area (Å²) in [5.74, 6) is -2.16. The molecule has 35 heavy (non-hydrogen) atoms. The van der Waals surface area contributed by atoms with Crippen LogP contribution >= 0.6 is 0 Å². The largest absolute Gasteiger partial charge is 0.479 e. The van der Waals surface area contributed by atoms with E-state index >= 15 is 0 Å². The van der Waals surface area contributed by atoms with Crippen LogP contribution in [0.1, 0.15) is 24.5 Å². The highest BCUT2D eigenvalue weighted by Gasteiger charge is 2.47. The van der Waals surface area contributed by atoms with Gasteiger partial charge in [-0.05, 0) is 23.3 Å². The van der Waals surface area contributed by atoms with E-state index in [2.05, 4.69) is 0 Å². The molecule has 0 aromatic heterocycles. The molecule has 0 spiro atoms. The molecule has 9 heteroatoms. The summed E-state index contributed by atoms with van der Waals surface area (Å²) in [6, 6.07) is 24.2. The van der Waals surface area contributed by atoms with Crippen molar-refractivity contribution in [2.45, 2.75) is 29.9 Å². The minimum Gasteiger partial charge on any atom is -0.479 e. The first-order valence-corrected chi connectivity index (χ1v) is 12.5. The van der Waals surface area contributed by atoms with Gasteiger partial charge in [-0.3, -0.25) is 4.79 Å². The van der Waals surface area contributed by atoms with Crippen molar-refractivity contribution in [2.24, 2.45) is 0 Å². The molecule has 3 rings (SSSR count). The molecule has 0 saturated heterocycles. The van der Waals surface area contributed by atoms with Crippen LogP contribution in [0.15, 0.2) is 95.9 Å². The van der Waals surface area contributed by atoms with Crippen LogP contribution in [0.2, 0.25) is 0 Å². The number of carbonyl (C=O) groups excluding carboxylic acids is 1. The highest BCUT2D eigenvalue weighted by Crippen LogP contribution is 2.37. The molecule has 1 amide bonds. The maximum atomic E-state index is 13.2. The number of nitrogens with zero attached hydrogens (tertiary/aromatic N) is 1. The van der Waals surface area contributed by atoms with Crippen molar-refractivity contribution in [1.29, 1.82) is 0 Å². The Morgan fingerprint density at radius 1 is 0.886 bits per heavy atom. The van der Waals surface area contributed by atoms with E-state index in [9.17, 15) is 28.2 Å². The van der Waals surface area contributed by atoms with E-state index in [0.717, 1.165) is 4.31 Å². The van der Waals surface area contributed by atoms with E-state index in [1.54, 1.807) is 85.8 Å². The van der Waals surface area contributed by atoms with E-state index in [0.29, 0.717) is 11.1 Å². The lowest BCUT2D eigenvalue weighted by molar-refractivity contribution is -0.168.